The molecule has 0 unspecified atom stereocenters. The average molecular weight is 285 g/mol. The molecule has 2 aliphatic rings. The minimum absolute atomic E-state index is 0.590. The third kappa shape index (κ3) is 3.01. The fraction of sp³-hybridized carbons (Fsp3) is 0.500. The van der Waals surface area contributed by atoms with Crippen LogP contribution in [-0.2, 0) is 6.42 Å². The number of hydrogen-bond acceptors (Lipinski definition) is 2. The molecule has 0 N–H and O–H groups in total. The minimum Gasteiger partial charge on any atom is -0.243 e. The van der Waals surface area contributed by atoms with Gasteiger partial charge in [0.2, 0.25) is 0 Å². The van der Waals surface area contributed by atoms with Crippen LogP contribution in [0.4, 0.5) is 15.3 Å². The van der Waals surface area contributed by atoms with Crippen molar-refractivity contribution < 1.29 is 9.59 Å². The van der Waals surface area contributed by atoms with Gasteiger partial charge in [0.15, 0.2) is 0 Å². The number of benzene rings is 1. The summed E-state index contributed by atoms with van der Waals surface area (Å²) in [6.07, 6.45) is 8.55. The Bertz CT molecular complexity index is 557. The molecule has 110 valence electrons. The standard InChI is InChI=1S/C16H19N3O2/c20-15-17-18-16(21)19(15)14-10-6-5-9-13(14)11-12-7-3-1-2-4-8-12/h5-6,9-10,12H,1-4,7-8,11H2. The molecule has 5 heteroatoms. The van der Waals surface area contributed by atoms with E-state index < -0.39 is 12.1 Å². The highest BCUT2D eigenvalue weighted by molar-refractivity contribution is 6.17. The van der Waals surface area contributed by atoms with Gasteiger partial charge in [-0.1, -0.05) is 67.0 Å². The van der Waals surface area contributed by atoms with Gasteiger partial charge in [-0.15, -0.1) is 0 Å². The van der Waals surface area contributed by atoms with Crippen LogP contribution in [-0.4, -0.2) is 12.1 Å². The Kier molecular flexibility index (Phi) is 4.08. The zero-order chi connectivity index (χ0) is 14.7. The summed E-state index contributed by atoms with van der Waals surface area (Å²) in [6, 6.07) is 6.42. The van der Waals surface area contributed by atoms with Crippen molar-refractivity contribution >= 4 is 17.7 Å². The molecule has 5 nitrogen and oxygen atoms in total. The molecule has 1 aromatic carbocycles. The zero-order valence-corrected chi connectivity index (χ0v) is 12.0. The van der Waals surface area contributed by atoms with Gasteiger partial charge in [-0.2, -0.15) is 0 Å². The number of anilines is 1. The third-order valence-electron chi connectivity index (χ3n) is 4.32. The van der Waals surface area contributed by atoms with Crippen molar-refractivity contribution in [3.8, 4) is 0 Å². The van der Waals surface area contributed by atoms with Crippen molar-refractivity contribution in [2.45, 2.75) is 44.9 Å². The third-order valence-corrected chi connectivity index (χ3v) is 4.32. The molecule has 0 spiro atoms. The molecule has 0 atom stereocenters. The molecule has 1 saturated carbocycles. The smallest absolute Gasteiger partial charge is 0.243 e. The monoisotopic (exact) mass is 285 g/mol. The molecule has 1 fully saturated rings. The maximum absolute atomic E-state index is 11.7. The van der Waals surface area contributed by atoms with Crippen LogP contribution in [0.1, 0.15) is 44.1 Å². The Morgan fingerprint density at radius 3 is 2.24 bits per heavy atom. The van der Waals surface area contributed by atoms with E-state index in [-0.39, 0.29) is 0 Å². The first-order chi connectivity index (χ1) is 10.3. The van der Waals surface area contributed by atoms with E-state index in [1.165, 1.54) is 38.5 Å². The van der Waals surface area contributed by atoms with E-state index in [9.17, 15) is 9.59 Å². The molecule has 0 aromatic heterocycles. The number of imide groups is 1. The number of nitrogens with zero attached hydrogens (tertiary/aromatic N) is 3. The lowest BCUT2D eigenvalue weighted by atomic mass is 9.91. The molecule has 1 heterocycles. The van der Waals surface area contributed by atoms with E-state index >= 15 is 0 Å². The van der Waals surface area contributed by atoms with Crippen LogP contribution in [0.2, 0.25) is 0 Å². The van der Waals surface area contributed by atoms with Crippen molar-refractivity contribution in [2.75, 3.05) is 4.90 Å². The van der Waals surface area contributed by atoms with Crippen LogP contribution < -0.4 is 4.90 Å². The Balaban J connectivity index is 1.82. The fourth-order valence-electron chi connectivity index (χ4n) is 3.24. The van der Waals surface area contributed by atoms with Gasteiger partial charge in [0, 0.05) is 0 Å². The molecule has 4 amide bonds. The molecule has 1 aromatic rings. The fourth-order valence-corrected chi connectivity index (χ4v) is 3.24. The highest BCUT2D eigenvalue weighted by Crippen LogP contribution is 2.31. The lowest BCUT2D eigenvalue weighted by molar-refractivity contribution is 0.249. The second-order valence-corrected chi connectivity index (χ2v) is 5.79. The number of carbonyl (C=O) groups excluding carboxylic acids is 2. The number of hydrogen-bond donors (Lipinski definition) is 0. The van der Waals surface area contributed by atoms with E-state index in [4.69, 9.17) is 0 Å². The summed E-state index contributed by atoms with van der Waals surface area (Å²) in [7, 11) is 0. The van der Waals surface area contributed by atoms with Gasteiger partial charge >= 0.3 is 12.1 Å². The van der Waals surface area contributed by atoms with Gasteiger partial charge in [0.25, 0.3) is 0 Å². The Labute approximate surface area is 124 Å². The number of amides is 4. The first kappa shape index (κ1) is 13.9. The predicted molar refractivity (Wildman–Crippen MR) is 79.5 cm³/mol. The maximum atomic E-state index is 11.7. The van der Waals surface area contributed by atoms with Crippen LogP contribution in [0.5, 0.6) is 0 Å². The first-order valence-corrected chi connectivity index (χ1v) is 7.63. The summed E-state index contributed by atoms with van der Waals surface area (Å²) in [5.41, 5.74) is 1.68. The SMILES string of the molecule is O=C1N=NC(=O)N1c1ccccc1CC1CCCCCC1. The van der Waals surface area contributed by atoms with Crippen molar-refractivity contribution in [1.82, 2.24) is 0 Å². The number of azo groups is 1. The number of carbonyl (C=O) groups is 2. The lowest BCUT2D eigenvalue weighted by Gasteiger charge is -2.19. The van der Waals surface area contributed by atoms with Crippen molar-refractivity contribution in [3.05, 3.63) is 29.8 Å². The van der Waals surface area contributed by atoms with E-state index in [0.29, 0.717) is 11.6 Å². The summed E-state index contributed by atoms with van der Waals surface area (Å²) in [6.45, 7) is 0. The molecule has 3 rings (SSSR count). The first-order valence-electron chi connectivity index (χ1n) is 7.63. The van der Waals surface area contributed by atoms with E-state index in [1.807, 2.05) is 18.2 Å². The summed E-state index contributed by atoms with van der Waals surface area (Å²) >= 11 is 0. The lowest BCUT2D eigenvalue weighted by Crippen LogP contribution is -2.28. The number of para-hydroxylation sites is 1. The normalized spacial score (nSPS) is 20.1. The van der Waals surface area contributed by atoms with Crippen LogP contribution in [0.3, 0.4) is 0 Å². The van der Waals surface area contributed by atoms with Gasteiger partial charge in [-0.25, -0.2) is 14.5 Å². The molecule has 0 radical (unpaired) electrons. The second-order valence-electron chi connectivity index (χ2n) is 5.79. The number of urea groups is 2. The predicted octanol–water partition coefficient (Wildman–Crippen LogP) is 4.71. The van der Waals surface area contributed by atoms with Crippen LogP contribution in [0.15, 0.2) is 34.5 Å². The molecular formula is C16H19N3O2. The number of rotatable bonds is 3. The Morgan fingerprint density at radius 2 is 1.57 bits per heavy atom. The highest BCUT2D eigenvalue weighted by atomic mass is 16.2. The average Bonchev–Trinajstić information content (AvgIpc) is 2.69. The quantitative estimate of drug-likeness (QED) is 0.755. The topological polar surface area (TPSA) is 62.1 Å². The zero-order valence-electron chi connectivity index (χ0n) is 12.0. The van der Waals surface area contributed by atoms with E-state index in [0.717, 1.165) is 16.9 Å². The van der Waals surface area contributed by atoms with Crippen molar-refractivity contribution in [2.24, 2.45) is 16.1 Å². The molecular weight excluding hydrogens is 266 g/mol. The van der Waals surface area contributed by atoms with Crippen molar-refractivity contribution in [3.63, 3.8) is 0 Å². The molecule has 1 aliphatic carbocycles. The van der Waals surface area contributed by atoms with Gasteiger partial charge in [0.05, 0.1) is 5.69 Å². The van der Waals surface area contributed by atoms with Gasteiger partial charge in [-0.05, 0) is 24.0 Å². The molecule has 0 saturated heterocycles. The largest absolute Gasteiger partial charge is 0.375 e. The second kappa shape index (κ2) is 6.16. The summed E-state index contributed by atoms with van der Waals surface area (Å²) in [5, 5.41) is 6.68. The van der Waals surface area contributed by atoms with E-state index in [2.05, 4.69) is 10.2 Å². The molecule has 21 heavy (non-hydrogen) atoms. The van der Waals surface area contributed by atoms with Gasteiger partial charge < -0.3 is 0 Å². The Hall–Kier alpha value is -2.04. The maximum Gasteiger partial charge on any atom is 0.375 e. The summed E-state index contributed by atoms with van der Waals surface area (Å²) < 4.78 is 0. The Morgan fingerprint density at radius 1 is 0.952 bits per heavy atom. The van der Waals surface area contributed by atoms with Gasteiger partial charge in [-0.3, -0.25) is 0 Å². The van der Waals surface area contributed by atoms with Crippen LogP contribution in [0, 0.1) is 5.92 Å². The summed E-state index contributed by atoms with van der Waals surface area (Å²) in [4.78, 5) is 24.5. The summed E-state index contributed by atoms with van der Waals surface area (Å²) in [5.74, 6) is 0.635. The van der Waals surface area contributed by atoms with Gasteiger partial charge in [0.1, 0.15) is 0 Å². The van der Waals surface area contributed by atoms with E-state index in [1.54, 1.807) is 6.07 Å². The van der Waals surface area contributed by atoms with Crippen LogP contribution >= 0.6 is 0 Å². The molecule has 0 bridgehead atoms. The minimum atomic E-state index is -0.590. The molecule has 1 aliphatic heterocycles. The van der Waals surface area contributed by atoms with Crippen LogP contribution in [0.25, 0.3) is 0 Å². The highest BCUT2D eigenvalue weighted by Gasteiger charge is 2.31. The van der Waals surface area contributed by atoms with Crippen molar-refractivity contribution in [1.29, 1.82) is 0 Å².